The van der Waals surface area contributed by atoms with Gasteiger partial charge in [0.25, 0.3) is 0 Å². The van der Waals surface area contributed by atoms with Gasteiger partial charge in [-0.3, -0.25) is 4.98 Å². The van der Waals surface area contributed by atoms with Crippen LogP contribution in [0.1, 0.15) is 23.4 Å². The van der Waals surface area contributed by atoms with Crippen molar-refractivity contribution in [3.05, 3.63) is 52.5 Å². The molecule has 0 aliphatic carbocycles. The molecule has 0 saturated carbocycles. The van der Waals surface area contributed by atoms with Crippen LogP contribution in [0.5, 0.6) is 0 Å². The van der Waals surface area contributed by atoms with Gasteiger partial charge in [0.15, 0.2) is 0 Å². The second kappa shape index (κ2) is 5.77. The molecule has 0 fully saturated rings. The van der Waals surface area contributed by atoms with Crippen molar-refractivity contribution in [3.63, 3.8) is 0 Å². The fourth-order valence-corrected chi connectivity index (χ4v) is 2.33. The van der Waals surface area contributed by atoms with Gasteiger partial charge >= 0.3 is 0 Å². The minimum atomic E-state index is 0.369. The number of pyridine rings is 1. The Morgan fingerprint density at radius 1 is 1.38 bits per heavy atom. The Balaban J connectivity index is 1.78. The van der Waals surface area contributed by atoms with Gasteiger partial charge in [0.1, 0.15) is 0 Å². The van der Waals surface area contributed by atoms with Crippen molar-refractivity contribution in [3.8, 4) is 0 Å². The minimum Gasteiger partial charge on any atom is -0.310 e. The summed E-state index contributed by atoms with van der Waals surface area (Å²) in [6.45, 7) is 3.18. The summed E-state index contributed by atoms with van der Waals surface area (Å²) in [5, 5.41) is 5.63. The van der Waals surface area contributed by atoms with Crippen LogP contribution in [-0.4, -0.2) is 11.5 Å². The molecule has 0 aliphatic rings. The molecule has 1 atom stereocenters. The van der Waals surface area contributed by atoms with Gasteiger partial charge < -0.3 is 5.32 Å². The number of aromatic nitrogens is 1. The second-order valence-corrected chi connectivity index (χ2v) is 4.82. The first-order valence-electron chi connectivity index (χ1n) is 5.52. The zero-order valence-electron chi connectivity index (χ0n) is 9.39. The highest BCUT2D eigenvalue weighted by Gasteiger charge is 2.03. The molecule has 2 aromatic rings. The number of nitrogens with zero attached hydrogens (tertiary/aromatic N) is 1. The SMILES string of the molecule is C[C@H](NCCc1cccs1)c1cccnc1. The zero-order valence-corrected chi connectivity index (χ0v) is 10.2. The Morgan fingerprint density at radius 3 is 3.00 bits per heavy atom. The van der Waals surface area contributed by atoms with E-state index in [1.165, 1.54) is 10.4 Å². The lowest BCUT2D eigenvalue weighted by molar-refractivity contribution is 0.577. The number of thiophene rings is 1. The van der Waals surface area contributed by atoms with Gasteiger partial charge in [-0.05, 0) is 36.4 Å². The largest absolute Gasteiger partial charge is 0.310 e. The molecular weight excluding hydrogens is 216 g/mol. The average molecular weight is 232 g/mol. The summed E-state index contributed by atoms with van der Waals surface area (Å²) in [7, 11) is 0. The molecule has 2 rings (SSSR count). The van der Waals surface area contributed by atoms with Crippen molar-refractivity contribution in [1.29, 1.82) is 0 Å². The maximum Gasteiger partial charge on any atom is 0.0315 e. The molecular formula is C13H16N2S. The second-order valence-electron chi connectivity index (χ2n) is 3.79. The van der Waals surface area contributed by atoms with Gasteiger partial charge in [-0.15, -0.1) is 11.3 Å². The van der Waals surface area contributed by atoms with Gasteiger partial charge in [-0.2, -0.15) is 0 Å². The highest BCUT2D eigenvalue weighted by atomic mass is 32.1. The van der Waals surface area contributed by atoms with Crippen molar-refractivity contribution in [2.75, 3.05) is 6.54 Å². The average Bonchev–Trinajstić information content (AvgIpc) is 2.83. The van der Waals surface area contributed by atoms with Crippen LogP contribution < -0.4 is 5.32 Å². The van der Waals surface area contributed by atoms with E-state index in [9.17, 15) is 0 Å². The summed E-state index contributed by atoms with van der Waals surface area (Å²) in [6.07, 6.45) is 4.83. The van der Waals surface area contributed by atoms with Crippen molar-refractivity contribution < 1.29 is 0 Å². The number of hydrogen-bond acceptors (Lipinski definition) is 3. The van der Waals surface area contributed by atoms with Crippen molar-refractivity contribution in [1.82, 2.24) is 10.3 Å². The molecule has 0 radical (unpaired) electrons. The number of hydrogen-bond donors (Lipinski definition) is 1. The molecule has 16 heavy (non-hydrogen) atoms. The van der Waals surface area contributed by atoms with Gasteiger partial charge in [0.05, 0.1) is 0 Å². The number of rotatable bonds is 5. The van der Waals surface area contributed by atoms with Crippen LogP contribution in [0.3, 0.4) is 0 Å². The maximum atomic E-state index is 4.13. The van der Waals surface area contributed by atoms with Gasteiger partial charge in [0, 0.05) is 29.9 Å². The quantitative estimate of drug-likeness (QED) is 0.857. The summed E-state index contributed by atoms with van der Waals surface area (Å²) < 4.78 is 0. The van der Waals surface area contributed by atoms with E-state index in [1.54, 1.807) is 0 Å². The molecule has 0 spiro atoms. The van der Waals surface area contributed by atoms with E-state index in [4.69, 9.17) is 0 Å². The Hall–Kier alpha value is -1.19. The lowest BCUT2D eigenvalue weighted by Crippen LogP contribution is -2.21. The van der Waals surface area contributed by atoms with E-state index in [1.807, 2.05) is 29.8 Å². The Morgan fingerprint density at radius 2 is 2.31 bits per heavy atom. The molecule has 0 unspecified atom stereocenters. The van der Waals surface area contributed by atoms with Gasteiger partial charge in [-0.1, -0.05) is 12.1 Å². The summed E-state index contributed by atoms with van der Waals surface area (Å²) in [6, 6.07) is 8.74. The highest BCUT2D eigenvalue weighted by Crippen LogP contribution is 2.11. The molecule has 0 bridgehead atoms. The molecule has 0 saturated heterocycles. The molecule has 3 heteroatoms. The van der Waals surface area contributed by atoms with Crippen LogP contribution in [0, 0.1) is 0 Å². The molecule has 2 nitrogen and oxygen atoms in total. The Kier molecular flexibility index (Phi) is 4.08. The van der Waals surface area contributed by atoms with Crippen LogP contribution in [0.25, 0.3) is 0 Å². The van der Waals surface area contributed by atoms with Crippen LogP contribution in [0.2, 0.25) is 0 Å². The summed E-state index contributed by atoms with van der Waals surface area (Å²) >= 11 is 1.82. The Bertz CT molecular complexity index is 397. The van der Waals surface area contributed by atoms with Crippen molar-refractivity contribution in [2.24, 2.45) is 0 Å². The normalized spacial score (nSPS) is 12.6. The van der Waals surface area contributed by atoms with E-state index in [0.717, 1.165) is 13.0 Å². The maximum absolute atomic E-state index is 4.13. The van der Waals surface area contributed by atoms with Crippen LogP contribution in [0.4, 0.5) is 0 Å². The molecule has 0 aliphatic heterocycles. The van der Waals surface area contributed by atoms with Gasteiger partial charge in [-0.25, -0.2) is 0 Å². The van der Waals surface area contributed by atoms with Crippen LogP contribution in [-0.2, 0) is 6.42 Å². The lowest BCUT2D eigenvalue weighted by Gasteiger charge is -2.13. The van der Waals surface area contributed by atoms with Crippen molar-refractivity contribution >= 4 is 11.3 Å². The third kappa shape index (κ3) is 3.15. The minimum absolute atomic E-state index is 0.369. The third-order valence-electron chi connectivity index (χ3n) is 2.59. The highest BCUT2D eigenvalue weighted by molar-refractivity contribution is 7.09. The summed E-state index contributed by atoms with van der Waals surface area (Å²) in [5.74, 6) is 0. The molecule has 0 amide bonds. The smallest absolute Gasteiger partial charge is 0.0315 e. The predicted molar refractivity (Wildman–Crippen MR) is 68.7 cm³/mol. The fourth-order valence-electron chi connectivity index (χ4n) is 1.62. The predicted octanol–water partition coefficient (Wildman–Crippen LogP) is 3.04. The molecule has 2 heterocycles. The van der Waals surface area contributed by atoms with Crippen LogP contribution >= 0.6 is 11.3 Å². The fraction of sp³-hybridized carbons (Fsp3) is 0.308. The lowest BCUT2D eigenvalue weighted by atomic mass is 10.1. The summed E-state index contributed by atoms with van der Waals surface area (Å²) in [4.78, 5) is 5.56. The number of nitrogens with one attached hydrogen (secondary N) is 1. The molecule has 84 valence electrons. The first-order valence-corrected chi connectivity index (χ1v) is 6.40. The molecule has 1 N–H and O–H groups in total. The summed E-state index contributed by atoms with van der Waals surface area (Å²) in [5.41, 5.74) is 1.24. The zero-order chi connectivity index (χ0) is 11.2. The topological polar surface area (TPSA) is 24.9 Å². The molecule has 0 aromatic carbocycles. The molecule has 2 aromatic heterocycles. The van der Waals surface area contributed by atoms with Crippen LogP contribution in [0.15, 0.2) is 42.0 Å². The monoisotopic (exact) mass is 232 g/mol. The van der Waals surface area contributed by atoms with E-state index >= 15 is 0 Å². The van der Waals surface area contributed by atoms with E-state index < -0.39 is 0 Å². The first-order chi connectivity index (χ1) is 7.86. The van der Waals surface area contributed by atoms with Crippen molar-refractivity contribution in [2.45, 2.75) is 19.4 Å². The van der Waals surface area contributed by atoms with E-state index in [-0.39, 0.29) is 0 Å². The van der Waals surface area contributed by atoms with Gasteiger partial charge in [0.2, 0.25) is 0 Å². The third-order valence-corrected chi connectivity index (χ3v) is 3.52. The standard InChI is InChI=1S/C13H16N2S/c1-11(12-4-2-7-14-10-12)15-8-6-13-5-3-9-16-13/h2-5,7,9-11,15H,6,8H2,1H3/t11-/m0/s1. The Labute approximate surface area is 100 Å². The van der Waals surface area contributed by atoms with E-state index in [0.29, 0.717) is 6.04 Å². The van der Waals surface area contributed by atoms with E-state index in [2.05, 4.69) is 40.8 Å². The first kappa shape index (κ1) is 11.3.